The fourth-order valence-corrected chi connectivity index (χ4v) is 6.94. The summed E-state index contributed by atoms with van der Waals surface area (Å²) in [5.74, 6) is -12.9. The number of carbonyl (C=O) groups excluding carboxylic acids is 4. The van der Waals surface area contributed by atoms with Crippen molar-refractivity contribution in [2.24, 2.45) is 21.7 Å². The first-order chi connectivity index (χ1) is 38.7. The Bertz CT molecular complexity index is 1540. The van der Waals surface area contributed by atoms with Crippen molar-refractivity contribution in [1.82, 2.24) is 0 Å². The number of hydrogen-bond acceptors (Lipinski definition) is 8. The minimum absolute atomic E-state index is 0.484. The quantitative estimate of drug-likeness (QED) is 0.0860. The van der Waals surface area contributed by atoms with E-state index in [1.807, 2.05) is 0 Å². The molecule has 0 radical (unpaired) electrons. The van der Waals surface area contributed by atoms with E-state index in [-0.39, 0.29) is 0 Å². The summed E-state index contributed by atoms with van der Waals surface area (Å²) in [6.07, 6.45) is -47.4. The highest BCUT2D eigenvalue weighted by Gasteiger charge is 2.71. The second kappa shape index (κ2) is 38.8. The van der Waals surface area contributed by atoms with Crippen LogP contribution < -0.4 is 20.4 Å². The summed E-state index contributed by atoms with van der Waals surface area (Å²) in [6, 6.07) is 0. The lowest BCUT2D eigenvalue weighted by atomic mass is 9.89. The Hall–Kier alpha value is -3.96. The van der Waals surface area contributed by atoms with Crippen molar-refractivity contribution in [2.75, 3.05) is 105 Å². The maximum absolute atomic E-state index is 11.7. The Balaban J connectivity index is -0.000000139. The van der Waals surface area contributed by atoms with Crippen LogP contribution in [0.15, 0.2) is 0 Å². The number of nitrogens with zero attached hydrogens (tertiary/aromatic N) is 4. The second-order valence-electron chi connectivity index (χ2n) is 20.1. The number of carboxylic acids is 4. The average molecular weight is 1360 g/mol. The second-order valence-corrected chi connectivity index (χ2v) is 20.1. The van der Waals surface area contributed by atoms with Crippen molar-refractivity contribution in [3.63, 3.8) is 0 Å². The number of alkyl halides is 24. The molecule has 36 heteroatoms. The number of quaternary nitrogens is 4. The number of carboxylic acid groups (broad SMARTS) is 4. The highest BCUT2D eigenvalue weighted by atomic mass is 19.4. The number of aliphatic carboxylic acids is 4. The summed E-state index contributed by atoms with van der Waals surface area (Å²) in [5.41, 5.74) is -19.3. The minimum Gasteiger partial charge on any atom is -0.549 e. The van der Waals surface area contributed by atoms with Gasteiger partial charge < -0.3 is 57.5 Å². The standard InChI is InChI=1S/4C8H20N.4C5H4F6O2/c4*1-5-9(6-2,7-3)8-4;4*1-3(2(12)13,4(6,7)8)5(9,10)11/h4*5-8H2,1-4H3;4*1H3,(H,12,13)/q4*+1;;;;/p-4. The number of halogens is 24. The molecular weight excluding hydrogens is 1260 g/mol. The Morgan fingerprint density at radius 1 is 0.205 bits per heavy atom. The van der Waals surface area contributed by atoms with Gasteiger partial charge in [0.2, 0.25) is 0 Å². The van der Waals surface area contributed by atoms with E-state index in [1.54, 1.807) is 0 Å². The molecule has 0 heterocycles. The molecule has 0 aliphatic rings. The molecule has 0 atom stereocenters. The molecule has 0 aromatic carbocycles. The molecule has 0 bridgehead atoms. The summed E-state index contributed by atoms with van der Waals surface area (Å²) in [7, 11) is 0. The molecule has 0 amide bonds. The molecule has 0 rings (SSSR count). The molecule has 0 aliphatic carbocycles. The van der Waals surface area contributed by atoms with Crippen molar-refractivity contribution in [2.45, 2.75) is 188 Å². The largest absolute Gasteiger partial charge is 0.549 e. The van der Waals surface area contributed by atoms with Crippen LogP contribution in [-0.4, -0.2) is 196 Å². The van der Waals surface area contributed by atoms with E-state index in [9.17, 15) is 145 Å². The van der Waals surface area contributed by atoms with Crippen molar-refractivity contribution < 1.29 is 163 Å². The smallest absolute Gasteiger partial charge is 0.408 e. The van der Waals surface area contributed by atoms with Crippen LogP contribution in [0.5, 0.6) is 0 Å². The maximum atomic E-state index is 11.7. The van der Waals surface area contributed by atoms with Crippen LogP contribution in [0.25, 0.3) is 0 Å². The van der Waals surface area contributed by atoms with Crippen molar-refractivity contribution in [3.8, 4) is 0 Å². The van der Waals surface area contributed by atoms with E-state index in [4.69, 9.17) is 0 Å². The van der Waals surface area contributed by atoms with Crippen LogP contribution in [0.3, 0.4) is 0 Å². The van der Waals surface area contributed by atoms with E-state index in [1.165, 1.54) is 123 Å². The van der Waals surface area contributed by atoms with Crippen molar-refractivity contribution in [3.05, 3.63) is 0 Å². The monoisotopic (exact) mass is 1360 g/mol. The van der Waals surface area contributed by atoms with E-state index < -0.39 is 123 Å². The molecular formula is C52H92F24N4O8. The lowest BCUT2D eigenvalue weighted by Gasteiger charge is -2.34. The Morgan fingerprint density at radius 3 is 0.261 bits per heavy atom. The Labute approximate surface area is 500 Å². The zero-order chi connectivity index (χ0) is 73.6. The third kappa shape index (κ3) is 27.5. The van der Waals surface area contributed by atoms with Crippen LogP contribution >= 0.6 is 0 Å². The number of rotatable bonds is 20. The van der Waals surface area contributed by atoms with Gasteiger partial charge in [-0.2, -0.15) is 105 Å². The molecule has 0 aliphatic heterocycles. The first-order valence-corrected chi connectivity index (χ1v) is 27.5. The molecule has 0 aromatic rings. The van der Waals surface area contributed by atoms with E-state index >= 15 is 0 Å². The molecule has 0 saturated carbocycles. The summed E-state index contributed by atoms with van der Waals surface area (Å²) in [4.78, 5) is 39.1. The van der Waals surface area contributed by atoms with E-state index in [2.05, 4.69) is 111 Å². The highest BCUT2D eigenvalue weighted by molar-refractivity contribution is 5.75. The van der Waals surface area contributed by atoms with Crippen molar-refractivity contribution >= 4 is 23.9 Å². The zero-order valence-electron chi connectivity index (χ0n) is 53.4. The first-order valence-electron chi connectivity index (χ1n) is 27.5. The van der Waals surface area contributed by atoms with Crippen LogP contribution in [0.4, 0.5) is 105 Å². The summed E-state index contributed by atoms with van der Waals surface area (Å²) in [5, 5.41) is 39.1. The topological polar surface area (TPSA) is 161 Å². The summed E-state index contributed by atoms with van der Waals surface area (Å²) < 4.78 is 286. The molecule has 0 unspecified atom stereocenters. The van der Waals surface area contributed by atoms with Crippen LogP contribution in [0.1, 0.15) is 138 Å². The molecule has 12 nitrogen and oxygen atoms in total. The summed E-state index contributed by atoms with van der Waals surface area (Å²) in [6.45, 7) is 55.0. The lowest BCUT2D eigenvalue weighted by molar-refractivity contribution is -0.921. The van der Waals surface area contributed by atoms with Gasteiger partial charge in [-0.1, -0.05) is 0 Å². The molecule has 0 aromatic heterocycles. The van der Waals surface area contributed by atoms with E-state index in [0.717, 1.165) is 0 Å². The highest BCUT2D eigenvalue weighted by Crippen LogP contribution is 2.52. The summed E-state index contributed by atoms with van der Waals surface area (Å²) >= 11 is 0. The predicted molar refractivity (Wildman–Crippen MR) is 271 cm³/mol. The van der Waals surface area contributed by atoms with Gasteiger partial charge in [-0.3, -0.25) is 0 Å². The minimum atomic E-state index is -5.93. The normalized spacial score (nSPS) is 13.4. The van der Waals surface area contributed by atoms with Gasteiger partial charge in [-0.25, -0.2) is 0 Å². The van der Waals surface area contributed by atoms with Gasteiger partial charge >= 0.3 is 49.4 Å². The van der Waals surface area contributed by atoms with Gasteiger partial charge in [0.1, 0.15) is 0 Å². The van der Waals surface area contributed by atoms with Gasteiger partial charge in [0.15, 0.2) is 21.7 Å². The van der Waals surface area contributed by atoms with Crippen molar-refractivity contribution in [1.29, 1.82) is 0 Å². The molecule has 0 spiro atoms. The molecule has 536 valence electrons. The van der Waals surface area contributed by atoms with Crippen LogP contribution in [0.2, 0.25) is 0 Å². The number of carbonyl (C=O) groups is 4. The Kier molecular flexibility index (Phi) is 44.2. The maximum Gasteiger partial charge on any atom is 0.408 e. The third-order valence-corrected chi connectivity index (χ3v) is 16.9. The predicted octanol–water partition coefficient (Wildman–Crippen LogP) is 11.0. The average Bonchev–Trinajstić information content (AvgIpc) is 3.39. The van der Waals surface area contributed by atoms with Gasteiger partial charge in [-0.15, -0.1) is 0 Å². The lowest BCUT2D eigenvalue weighted by Crippen LogP contribution is -2.58. The first kappa shape index (κ1) is 100. The third-order valence-electron chi connectivity index (χ3n) is 16.9. The molecule has 0 fully saturated rings. The van der Waals surface area contributed by atoms with E-state index in [0.29, 0.717) is 0 Å². The van der Waals surface area contributed by atoms with Gasteiger partial charge in [-0.05, 0) is 138 Å². The molecule has 0 saturated heterocycles. The fourth-order valence-electron chi connectivity index (χ4n) is 6.94. The van der Waals surface area contributed by atoms with Crippen LogP contribution in [-0.2, 0) is 19.2 Å². The van der Waals surface area contributed by atoms with Gasteiger partial charge in [0.25, 0.3) is 0 Å². The SMILES string of the molecule is CC(C(=O)[O-])(C(F)(F)F)C(F)(F)F.CC(C(=O)[O-])(C(F)(F)F)C(F)(F)F.CC(C(=O)[O-])(C(F)(F)F)C(F)(F)F.CC(C(=O)[O-])(C(F)(F)F)C(F)(F)F.CC[N+](CC)(CC)CC.CC[N+](CC)(CC)CC.CC[N+](CC)(CC)CC.CC[N+](CC)(CC)CC. The van der Waals surface area contributed by atoms with Crippen LogP contribution in [0, 0.1) is 21.7 Å². The molecule has 88 heavy (non-hydrogen) atoms. The van der Waals surface area contributed by atoms with Gasteiger partial charge in [0.05, 0.1) is 129 Å². The fraction of sp³-hybridized carbons (Fsp3) is 0.923. The number of hydrogen-bond donors (Lipinski definition) is 0. The zero-order valence-corrected chi connectivity index (χ0v) is 53.4. The Morgan fingerprint density at radius 2 is 0.261 bits per heavy atom. The van der Waals surface area contributed by atoms with Gasteiger partial charge in [0, 0.05) is 0 Å². The molecule has 0 N–H and O–H groups in total.